The second kappa shape index (κ2) is 17.1. The summed E-state index contributed by atoms with van der Waals surface area (Å²) in [4.78, 5) is 19.5. The molecule has 12 heteroatoms. The third kappa shape index (κ3) is 9.59. The molecule has 0 saturated heterocycles. The van der Waals surface area contributed by atoms with E-state index in [1.165, 1.54) is 5.56 Å². The van der Waals surface area contributed by atoms with Crippen LogP contribution in [0.15, 0.2) is 113 Å². The van der Waals surface area contributed by atoms with Crippen molar-refractivity contribution in [2.75, 3.05) is 25.5 Å². The Labute approximate surface area is 304 Å². The number of sulfonamides is 1. The van der Waals surface area contributed by atoms with E-state index in [0.29, 0.717) is 29.0 Å². The van der Waals surface area contributed by atoms with Crippen molar-refractivity contribution < 1.29 is 22.4 Å². The molecule has 0 aliphatic heterocycles. The van der Waals surface area contributed by atoms with Crippen LogP contribution in [0.1, 0.15) is 58.8 Å². The molecule has 0 atom stereocenters. The Balaban J connectivity index is 0.921. The van der Waals surface area contributed by atoms with Crippen molar-refractivity contribution in [3.8, 4) is 5.75 Å². The number of benzene rings is 4. The minimum atomic E-state index is -3.76. The van der Waals surface area contributed by atoms with Crippen LogP contribution in [0.25, 0.3) is 22.9 Å². The van der Waals surface area contributed by atoms with Crippen molar-refractivity contribution >= 4 is 44.4 Å². The first-order chi connectivity index (χ1) is 25.2. The number of ether oxygens (including phenoxy) is 1. The van der Waals surface area contributed by atoms with Crippen molar-refractivity contribution in [3.63, 3.8) is 0 Å². The predicted octanol–water partition coefficient (Wildman–Crippen LogP) is 7.20. The standard InChI is InChI=1S/C40H42N6O5S/c1-45(2)37-11-5-10-36-35(37)9-6-13-39(36)52(48,49)42-24-7-12-38(47)32-19-14-31(15-20-32)18-23-40-43-33(29-51-40)28-50-34-21-16-30(17-22-34)8-3-4-26-46-27-25-41-44-46/h5-6,9-11,13-23,25,27,29,42H,3-4,7-8,12,24,26,28H2,1-2H3/b23-18+. The Morgan fingerprint density at radius 1 is 0.923 bits per heavy atom. The molecule has 268 valence electrons. The van der Waals surface area contributed by atoms with Gasteiger partial charge in [-0.25, -0.2) is 18.1 Å². The molecule has 0 spiro atoms. The highest BCUT2D eigenvalue weighted by Gasteiger charge is 2.18. The minimum Gasteiger partial charge on any atom is -0.487 e. The Morgan fingerprint density at radius 3 is 2.48 bits per heavy atom. The van der Waals surface area contributed by atoms with Gasteiger partial charge in [-0.2, -0.15) is 0 Å². The molecule has 0 amide bonds. The van der Waals surface area contributed by atoms with Gasteiger partial charge < -0.3 is 14.1 Å². The normalized spacial score (nSPS) is 11.7. The average molecular weight is 719 g/mol. The third-order valence-corrected chi connectivity index (χ3v) is 10.1. The maximum atomic E-state index is 13.2. The summed E-state index contributed by atoms with van der Waals surface area (Å²) in [5, 5.41) is 9.34. The largest absolute Gasteiger partial charge is 0.487 e. The van der Waals surface area contributed by atoms with Crippen LogP contribution < -0.4 is 14.4 Å². The third-order valence-electron chi connectivity index (χ3n) is 8.61. The molecule has 11 nitrogen and oxygen atoms in total. The van der Waals surface area contributed by atoms with Crippen LogP contribution in [-0.4, -0.2) is 54.8 Å². The van der Waals surface area contributed by atoms with Crippen LogP contribution in [0.5, 0.6) is 5.75 Å². The van der Waals surface area contributed by atoms with Gasteiger partial charge in [-0.05, 0) is 67.2 Å². The molecule has 0 unspecified atom stereocenters. The number of anilines is 1. The molecule has 6 aromatic rings. The van der Waals surface area contributed by atoms with Gasteiger partial charge in [0.15, 0.2) is 5.78 Å². The van der Waals surface area contributed by atoms with Crippen molar-refractivity contribution in [3.05, 3.63) is 132 Å². The van der Waals surface area contributed by atoms with E-state index in [-0.39, 0.29) is 30.3 Å². The number of nitrogens with zero attached hydrogens (tertiary/aromatic N) is 5. The zero-order valence-corrected chi connectivity index (χ0v) is 30.1. The van der Waals surface area contributed by atoms with E-state index < -0.39 is 10.0 Å². The van der Waals surface area contributed by atoms with Crippen molar-refractivity contribution in [2.45, 2.75) is 50.2 Å². The average Bonchev–Trinajstić information content (AvgIpc) is 3.86. The fraction of sp³-hybridized carbons (Fsp3) is 0.250. The molecule has 1 N–H and O–H groups in total. The zero-order valence-electron chi connectivity index (χ0n) is 29.3. The van der Waals surface area contributed by atoms with E-state index in [2.05, 4.69) is 32.2 Å². The molecule has 0 saturated carbocycles. The van der Waals surface area contributed by atoms with Gasteiger partial charge in [0.05, 0.1) is 11.1 Å². The monoisotopic (exact) mass is 718 g/mol. The summed E-state index contributed by atoms with van der Waals surface area (Å²) >= 11 is 0. The van der Waals surface area contributed by atoms with Crippen LogP contribution in [0.2, 0.25) is 0 Å². The fourth-order valence-electron chi connectivity index (χ4n) is 5.84. The molecular formula is C40H42N6O5S. The molecular weight excluding hydrogens is 677 g/mol. The first-order valence-electron chi connectivity index (χ1n) is 17.3. The minimum absolute atomic E-state index is 0.0538. The molecule has 0 fully saturated rings. The van der Waals surface area contributed by atoms with E-state index in [1.54, 1.807) is 42.8 Å². The van der Waals surface area contributed by atoms with Gasteiger partial charge in [-0.3, -0.25) is 9.48 Å². The van der Waals surface area contributed by atoms with Gasteiger partial charge in [-0.15, -0.1) is 5.10 Å². The highest BCUT2D eigenvalue weighted by molar-refractivity contribution is 7.89. The lowest BCUT2D eigenvalue weighted by Crippen LogP contribution is -2.25. The topological polar surface area (TPSA) is 132 Å². The lowest BCUT2D eigenvalue weighted by Gasteiger charge is -2.17. The van der Waals surface area contributed by atoms with E-state index in [1.807, 2.05) is 84.5 Å². The number of carbonyl (C=O) groups is 1. The number of hydrogen-bond acceptors (Lipinski definition) is 9. The number of rotatable bonds is 18. The van der Waals surface area contributed by atoms with E-state index in [0.717, 1.165) is 48.2 Å². The van der Waals surface area contributed by atoms with Gasteiger partial charge in [0.25, 0.3) is 0 Å². The first kappa shape index (κ1) is 36.2. The van der Waals surface area contributed by atoms with Crippen LogP contribution in [0.4, 0.5) is 5.69 Å². The number of Topliss-reactive ketones (excluding diaryl/α,β-unsaturated/α-hetero) is 1. The summed E-state index contributed by atoms with van der Waals surface area (Å²) in [6, 6.07) is 26.2. The second-order valence-corrected chi connectivity index (χ2v) is 14.4. The number of oxazole rings is 1. The number of hydrogen-bond donors (Lipinski definition) is 1. The molecule has 2 aromatic heterocycles. The van der Waals surface area contributed by atoms with E-state index in [4.69, 9.17) is 9.15 Å². The summed E-state index contributed by atoms with van der Waals surface area (Å²) in [5.41, 5.74) is 4.32. The number of unbranched alkanes of at least 4 members (excludes halogenated alkanes) is 1. The molecule has 0 radical (unpaired) electrons. The summed E-state index contributed by atoms with van der Waals surface area (Å²) < 4.78 is 42.3. The van der Waals surface area contributed by atoms with Gasteiger partial charge in [0.2, 0.25) is 15.9 Å². The highest BCUT2D eigenvalue weighted by atomic mass is 32.2. The Morgan fingerprint density at radius 2 is 1.71 bits per heavy atom. The maximum absolute atomic E-state index is 13.2. The molecule has 0 aliphatic rings. The number of ketones is 1. The molecule has 2 heterocycles. The quantitative estimate of drug-likeness (QED) is 0.0724. The molecule has 4 aromatic carbocycles. The molecule has 0 aliphatic carbocycles. The second-order valence-electron chi connectivity index (χ2n) is 12.6. The first-order valence-corrected chi connectivity index (χ1v) is 18.7. The maximum Gasteiger partial charge on any atom is 0.241 e. The lowest BCUT2D eigenvalue weighted by atomic mass is 10.0. The van der Waals surface area contributed by atoms with Crippen LogP contribution in [-0.2, 0) is 29.6 Å². The summed E-state index contributed by atoms with van der Waals surface area (Å²) in [6.07, 6.45) is 12.5. The highest BCUT2D eigenvalue weighted by Crippen LogP contribution is 2.30. The summed E-state index contributed by atoms with van der Waals surface area (Å²) in [6.45, 7) is 1.31. The number of nitrogens with one attached hydrogen (secondary N) is 1. The van der Waals surface area contributed by atoms with E-state index >= 15 is 0 Å². The Kier molecular flexibility index (Phi) is 11.9. The lowest BCUT2D eigenvalue weighted by molar-refractivity contribution is 0.0980. The number of fused-ring (bicyclic) bond motifs is 1. The SMILES string of the molecule is CN(C)c1cccc2c(S(=O)(=O)NCCCC(=O)c3ccc(/C=C/c4nc(COc5ccc(CCCCn6ccnn6)cc5)co4)cc3)cccc12. The van der Waals surface area contributed by atoms with Gasteiger partial charge in [0, 0.05) is 67.9 Å². The van der Waals surface area contributed by atoms with Crippen molar-refractivity contribution in [2.24, 2.45) is 0 Å². The summed E-state index contributed by atoms with van der Waals surface area (Å²) in [5.74, 6) is 1.16. The zero-order chi connectivity index (χ0) is 36.3. The molecule has 6 rings (SSSR count). The predicted molar refractivity (Wildman–Crippen MR) is 203 cm³/mol. The van der Waals surface area contributed by atoms with Gasteiger partial charge >= 0.3 is 0 Å². The van der Waals surface area contributed by atoms with Gasteiger partial charge in [-0.1, -0.05) is 65.9 Å². The van der Waals surface area contributed by atoms with E-state index in [9.17, 15) is 13.2 Å². The Bertz CT molecular complexity index is 2210. The van der Waals surface area contributed by atoms with Crippen molar-refractivity contribution in [1.29, 1.82) is 0 Å². The molecule has 52 heavy (non-hydrogen) atoms. The molecule has 0 bridgehead atoms. The van der Waals surface area contributed by atoms with Crippen LogP contribution in [0, 0.1) is 0 Å². The number of carbonyl (C=O) groups excluding carboxylic acids is 1. The number of aryl methyl sites for hydroxylation is 2. The van der Waals surface area contributed by atoms with Gasteiger partial charge in [0.1, 0.15) is 24.3 Å². The Hall–Kier alpha value is -5.59. The van der Waals surface area contributed by atoms with Crippen LogP contribution in [0.3, 0.4) is 0 Å². The summed E-state index contributed by atoms with van der Waals surface area (Å²) in [7, 11) is 0.0879. The van der Waals surface area contributed by atoms with Crippen molar-refractivity contribution in [1.82, 2.24) is 24.7 Å². The number of aromatic nitrogens is 4. The fourth-order valence-corrected chi connectivity index (χ4v) is 7.14. The van der Waals surface area contributed by atoms with Crippen LogP contribution >= 0.6 is 0 Å². The smallest absolute Gasteiger partial charge is 0.241 e.